The number of benzene rings is 1. The first-order valence-corrected chi connectivity index (χ1v) is 5.61. The van der Waals surface area contributed by atoms with Crippen molar-refractivity contribution in [3.8, 4) is 0 Å². The summed E-state index contributed by atoms with van der Waals surface area (Å²) in [5.74, 6) is 0. The number of carbonyl (C=O) groups excluding carboxylic acids is 1. The van der Waals surface area contributed by atoms with Gasteiger partial charge in [0.05, 0.1) is 0 Å². The monoisotopic (exact) mass is 232 g/mol. The van der Waals surface area contributed by atoms with Crippen LogP contribution in [0.25, 0.3) is 5.57 Å². The molecule has 0 aliphatic heterocycles. The van der Waals surface area contributed by atoms with Gasteiger partial charge in [-0.1, -0.05) is 29.3 Å². The zero-order valence-electron chi connectivity index (χ0n) is 9.38. The molecule has 0 unspecified atom stereocenters. The highest BCUT2D eigenvalue weighted by atomic mass is 35.5. The van der Waals surface area contributed by atoms with E-state index < -0.39 is 0 Å². The van der Waals surface area contributed by atoms with E-state index in [-0.39, 0.29) is 0 Å². The normalized spacial score (nSPS) is 15.3. The van der Waals surface area contributed by atoms with Gasteiger partial charge in [-0.2, -0.15) is 0 Å². The lowest BCUT2D eigenvalue weighted by Crippen LogP contribution is -1.92. The zero-order valence-corrected chi connectivity index (χ0v) is 10.1. The van der Waals surface area contributed by atoms with E-state index in [0.717, 1.165) is 18.3 Å². The Morgan fingerprint density at radius 3 is 2.62 bits per heavy atom. The lowest BCUT2D eigenvalue weighted by atomic mass is 9.96. The minimum atomic E-state index is 0.604. The van der Waals surface area contributed by atoms with E-state index in [0.29, 0.717) is 10.6 Å². The summed E-state index contributed by atoms with van der Waals surface area (Å²) in [6.45, 7) is 4.18. The third-order valence-electron chi connectivity index (χ3n) is 2.86. The molecule has 0 N–H and O–H groups in total. The topological polar surface area (TPSA) is 17.1 Å². The third kappa shape index (κ3) is 1.96. The Morgan fingerprint density at radius 1 is 1.31 bits per heavy atom. The second-order valence-electron chi connectivity index (χ2n) is 4.18. The van der Waals surface area contributed by atoms with Crippen molar-refractivity contribution in [2.24, 2.45) is 0 Å². The highest BCUT2D eigenvalue weighted by Crippen LogP contribution is 2.34. The van der Waals surface area contributed by atoms with Gasteiger partial charge in [0.2, 0.25) is 0 Å². The highest BCUT2D eigenvalue weighted by Gasteiger charge is 2.15. The van der Waals surface area contributed by atoms with E-state index in [1.807, 2.05) is 12.1 Å². The van der Waals surface area contributed by atoms with E-state index >= 15 is 0 Å². The van der Waals surface area contributed by atoms with E-state index in [1.165, 1.54) is 16.7 Å². The molecule has 2 heteroatoms. The molecule has 1 aliphatic carbocycles. The molecule has 0 heterocycles. The van der Waals surface area contributed by atoms with Gasteiger partial charge in [0, 0.05) is 10.6 Å². The fourth-order valence-electron chi connectivity index (χ4n) is 2.14. The first kappa shape index (κ1) is 11.2. The van der Waals surface area contributed by atoms with Crippen LogP contribution in [0.3, 0.4) is 0 Å². The summed E-state index contributed by atoms with van der Waals surface area (Å²) in [7, 11) is 0. The number of carbonyl (C=O) groups is 1. The quantitative estimate of drug-likeness (QED) is 0.696. The molecule has 1 aliphatic rings. The van der Waals surface area contributed by atoms with Crippen LogP contribution in [0.4, 0.5) is 0 Å². The van der Waals surface area contributed by atoms with Gasteiger partial charge in [0.25, 0.3) is 0 Å². The molecule has 0 aromatic heterocycles. The van der Waals surface area contributed by atoms with Gasteiger partial charge >= 0.3 is 0 Å². The summed E-state index contributed by atoms with van der Waals surface area (Å²) in [6, 6.07) is 5.48. The van der Waals surface area contributed by atoms with Crippen molar-refractivity contribution < 1.29 is 4.79 Å². The van der Waals surface area contributed by atoms with E-state index in [4.69, 9.17) is 11.6 Å². The minimum Gasteiger partial charge on any atom is -0.298 e. The molecule has 0 saturated heterocycles. The van der Waals surface area contributed by atoms with Crippen LogP contribution in [0.2, 0.25) is 5.02 Å². The first-order chi connectivity index (χ1) is 7.61. The Morgan fingerprint density at radius 2 is 2.06 bits per heavy atom. The average Bonchev–Trinajstić information content (AvgIpc) is 2.57. The van der Waals surface area contributed by atoms with E-state index in [2.05, 4.69) is 19.9 Å². The number of allylic oxidation sites excluding steroid dienone is 4. The van der Waals surface area contributed by atoms with Crippen LogP contribution in [-0.4, -0.2) is 6.29 Å². The molecule has 0 bridgehead atoms. The predicted molar refractivity (Wildman–Crippen MR) is 67.8 cm³/mol. The fraction of sp³-hybridized carbons (Fsp3) is 0.214. The highest BCUT2D eigenvalue weighted by molar-refractivity contribution is 6.30. The van der Waals surface area contributed by atoms with Crippen LogP contribution < -0.4 is 0 Å². The number of halogens is 1. The Bertz CT molecular complexity index is 509. The summed E-state index contributed by atoms with van der Waals surface area (Å²) in [5, 5.41) is 0.604. The van der Waals surface area contributed by atoms with Gasteiger partial charge < -0.3 is 0 Å². The summed E-state index contributed by atoms with van der Waals surface area (Å²) in [5.41, 5.74) is 5.48. The van der Waals surface area contributed by atoms with Gasteiger partial charge in [-0.3, -0.25) is 4.79 Å². The molecule has 0 atom stereocenters. The van der Waals surface area contributed by atoms with Crippen molar-refractivity contribution in [2.45, 2.75) is 20.3 Å². The van der Waals surface area contributed by atoms with Crippen molar-refractivity contribution >= 4 is 23.5 Å². The van der Waals surface area contributed by atoms with Crippen molar-refractivity contribution in [3.63, 3.8) is 0 Å². The van der Waals surface area contributed by atoms with Crippen LogP contribution in [0.5, 0.6) is 0 Å². The van der Waals surface area contributed by atoms with E-state index in [1.54, 1.807) is 6.07 Å². The minimum absolute atomic E-state index is 0.604. The standard InChI is InChI=1S/C14H13ClO/c1-9-5-10(2)14(6-9)13-4-3-12(15)7-11(13)8-16/h3-5,7-8H,6H2,1-2H3. The molecule has 82 valence electrons. The Labute approximate surface area is 100 Å². The lowest BCUT2D eigenvalue weighted by molar-refractivity contribution is 0.112. The van der Waals surface area contributed by atoms with Crippen molar-refractivity contribution in [1.82, 2.24) is 0 Å². The Kier molecular flexibility index (Phi) is 2.97. The second-order valence-corrected chi connectivity index (χ2v) is 4.61. The van der Waals surface area contributed by atoms with Crippen LogP contribution in [0.15, 0.2) is 35.4 Å². The Hall–Kier alpha value is -1.34. The molecular weight excluding hydrogens is 220 g/mol. The first-order valence-electron chi connectivity index (χ1n) is 5.24. The smallest absolute Gasteiger partial charge is 0.150 e. The predicted octanol–water partition coefficient (Wildman–Crippen LogP) is 4.28. The van der Waals surface area contributed by atoms with Crippen molar-refractivity contribution in [2.75, 3.05) is 0 Å². The van der Waals surface area contributed by atoms with Gasteiger partial charge in [-0.15, -0.1) is 0 Å². The maximum Gasteiger partial charge on any atom is 0.150 e. The van der Waals surface area contributed by atoms with Gasteiger partial charge in [0.15, 0.2) is 6.29 Å². The molecule has 1 nitrogen and oxygen atoms in total. The molecule has 0 amide bonds. The molecule has 0 radical (unpaired) electrons. The van der Waals surface area contributed by atoms with Crippen molar-refractivity contribution in [1.29, 1.82) is 0 Å². The number of hydrogen-bond acceptors (Lipinski definition) is 1. The molecule has 2 rings (SSSR count). The zero-order chi connectivity index (χ0) is 11.7. The third-order valence-corrected chi connectivity index (χ3v) is 3.10. The lowest BCUT2D eigenvalue weighted by Gasteiger charge is -2.08. The SMILES string of the molecule is CC1=CC(C)=C(c2ccc(Cl)cc2C=O)C1. The molecule has 16 heavy (non-hydrogen) atoms. The molecule has 1 aromatic rings. The van der Waals surface area contributed by atoms with Gasteiger partial charge in [-0.05, 0) is 49.1 Å². The molecule has 0 spiro atoms. The summed E-state index contributed by atoms with van der Waals surface area (Å²) in [4.78, 5) is 11.0. The van der Waals surface area contributed by atoms with Crippen molar-refractivity contribution in [3.05, 3.63) is 51.6 Å². The molecular formula is C14H13ClO. The van der Waals surface area contributed by atoms with Crippen LogP contribution in [0.1, 0.15) is 36.2 Å². The molecule has 0 fully saturated rings. The maximum absolute atomic E-state index is 11.0. The summed E-state index contributed by atoms with van der Waals surface area (Å²) >= 11 is 5.88. The summed E-state index contributed by atoms with van der Waals surface area (Å²) in [6.07, 6.45) is 3.96. The fourth-order valence-corrected chi connectivity index (χ4v) is 2.32. The van der Waals surface area contributed by atoms with Gasteiger partial charge in [-0.25, -0.2) is 0 Å². The van der Waals surface area contributed by atoms with E-state index in [9.17, 15) is 4.79 Å². The Balaban J connectivity index is 2.50. The van der Waals surface area contributed by atoms with Crippen LogP contribution in [-0.2, 0) is 0 Å². The van der Waals surface area contributed by atoms with Crippen LogP contribution >= 0.6 is 11.6 Å². The van der Waals surface area contributed by atoms with Crippen LogP contribution in [0, 0.1) is 0 Å². The van der Waals surface area contributed by atoms with Gasteiger partial charge in [0.1, 0.15) is 0 Å². The molecule has 0 saturated carbocycles. The maximum atomic E-state index is 11.0. The number of hydrogen-bond donors (Lipinski definition) is 0. The average molecular weight is 233 g/mol. The second kappa shape index (κ2) is 4.26. The molecule has 1 aromatic carbocycles. The number of rotatable bonds is 2. The summed E-state index contributed by atoms with van der Waals surface area (Å²) < 4.78 is 0. The number of aldehydes is 1. The largest absolute Gasteiger partial charge is 0.298 e.